The zero-order valence-electron chi connectivity index (χ0n) is 24.7. The summed E-state index contributed by atoms with van der Waals surface area (Å²) in [6.07, 6.45) is 0.699. The van der Waals surface area contributed by atoms with Gasteiger partial charge in [-0.1, -0.05) is 11.3 Å². The van der Waals surface area contributed by atoms with Gasteiger partial charge in [0.05, 0.1) is 18.8 Å². The SMILES string of the molecule is C[C@@H](CO)Oc1cc(Oc2ccc(C(=O)N3CCC3)cc2)cc(C(=O)Nc2nc3c(s2)CN(C(=O)OC(C)(C)C)CC3)c1. The summed E-state index contributed by atoms with van der Waals surface area (Å²) < 4.78 is 17.3. The molecule has 0 radical (unpaired) electrons. The average molecular weight is 609 g/mol. The molecule has 0 bridgehead atoms. The molecule has 0 spiro atoms. The number of fused-ring (bicyclic) bond motifs is 1. The van der Waals surface area contributed by atoms with Crippen molar-refractivity contribution in [3.8, 4) is 17.2 Å². The minimum Gasteiger partial charge on any atom is -0.488 e. The summed E-state index contributed by atoms with van der Waals surface area (Å²) in [4.78, 5) is 47.3. The third-order valence-corrected chi connectivity index (χ3v) is 7.82. The minimum atomic E-state index is -0.587. The summed E-state index contributed by atoms with van der Waals surface area (Å²) in [5, 5.41) is 12.8. The first kappa shape index (κ1) is 30.3. The van der Waals surface area contributed by atoms with Crippen molar-refractivity contribution in [1.82, 2.24) is 14.8 Å². The number of rotatable bonds is 8. The number of carbonyl (C=O) groups is 3. The van der Waals surface area contributed by atoms with E-state index in [1.165, 1.54) is 11.3 Å². The van der Waals surface area contributed by atoms with Gasteiger partial charge in [0.1, 0.15) is 29.0 Å². The smallest absolute Gasteiger partial charge is 0.410 e. The molecular weight excluding hydrogens is 572 g/mol. The Kier molecular flexibility index (Phi) is 8.88. The maximum Gasteiger partial charge on any atom is 0.410 e. The van der Waals surface area contributed by atoms with E-state index in [4.69, 9.17) is 14.2 Å². The van der Waals surface area contributed by atoms with Gasteiger partial charge in [0.2, 0.25) is 0 Å². The van der Waals surface area contributed by atoms with E-state index >= 15 is 0 Å². The van der Waals surface area contributed by atoms with Crippen molar-refractivity contribution in [2.45, 2.75) is 58.8 Å². The molecule has 11 nitrogen and oxygen atoms in total. The van der Waals surface area contributed by atoms with E-state index in [1.807, 2.05) is 20.8 Å². The molecule has 2 N–H and O–H groups in total. The van der Waals surface area contributed by atoms with E-state index in [0.717, 1.165) is 30.1 Å². The Morgan fingerprint density at radius 1 is 1.00 bits per heavy atom. The molecule has 12 heteroatoms. The van der Waals surface area contributed by atoms with Gasteiger partial charge in [0.15, 0.2) is 5.13 Å². The number of carbonyl (C=O) groups excluding carboxylic acids is 3. The van der Waals surface area contributed by atoms with Gasteiger partial charge in [-0.2, -0.15) is 0 Å². The van der Waals surface area contributed by atoms with Gasteiger partial charge in [0.25, 0.3) is 11.8 Å². The third-order valence-electron chi connectivity index (χ3n) is 6.82. The normalized spacial score (nSPS) is 15.2. The molecule has 3 heterocycles. The van der Waals surface area contributed by atoms with Crippen LogP contribution < -0.4 is 14.8 Å². The first-order valence-corrected chi connectivity index (χ1v) is 15.1. The standard InChI is InChI=1S/C31H36N4O7S/c1-19(18-36)40-23-14-21(15-24(16-23)41-22-8-6-20(7-9-22)28(38)34-11-5-12-34)27(37)33-29-32-25-10-13-35(17-26(25)43-29)30(39)42-31(2,3)4/h6-9,14-16,19,36H,5,10-13,17-18H2,1-4H3,(H,32,33,37)/t19-/m0/s1. The Labute approximate surface area is 254 Å². The quantitative estimate of drug-likeness (QED) is 0.362. The lowest BCUT2D eigenvalue weighted by molar-refractivity contribution is 0.0225. The third kappa shape index (κ3) is 7.63. The van der Waals surface area contributed by atoms with Gasteiger partial charge in [-0.05, 0) is 70.5 Å². The van der Waals surface area contributed by atoms with Crippen LogP contribution >= 0.6 is 11.3 Å². The lowest BCUT2D eigenvalue weighted by atomic mass is 10.1. The van der Waals surface area contributed by atoms with Crippen molar-refractivity contribution in [3.63, 3.8) is 0 Å². The predicted octanol–water partition coefficient (Wildman–Crippen LogP) is 5.09. The zero-order valence-corrected chi connectivity index (χ0v) is 25.5. The van der Waals surface area contributed by atoms with Gasteiger partial charge < -0.3 is 29.1 Å². The van der Waals surface area contributed by atoms with E-state index in [0.29, 0.717) is 47.5 Å². The predicted molar refractivity (Wildman–Crippen MR) is 161 cm³/mol. The van der Waals surface area contributed by atoms with Crippen molar-refractivity contribution in [1.29, 1.82) is 0 Å². The van der Waals surface area contributed by atoms with Crippen molar-refractivity contribution in [2.24, 2.45) is 0 Å². The highest BCUT2D eigenvalue weighted by atomic mass is 32.1. The number of hydrogen-bond acceptors (Lipinski definition) is 9. The van der Waals surface area contributed by atoms with Crippen molar-refractivity contribution in [3.05, 3.63) is 64.2 Å². The summed E-state index contributed by atoms with van der Waals surface area (Å²) in [5.74, 6) is 0.756. The van der Waals surface area contributed by atoms with Crippen LogP contribution in [0.1, 0.15) is 65.4 Å². The molecule has 0 saturated carbocycles. The van der Waals surface area contributed by atoms with Crippen LogP contribution in [0.5, 0.6) is 17.2 Å². The number of aliphatic hydroxyl groups excluding tert-OH is 1. The molecule has 2 aliphatic rings. The monoisotopic (exact) mass is 608 g/mol. The van der Waals surface area contributed by atoms with Crippen LogP contribution in [0.2, 0.25) is 0 Å². The minimum absolute atomic E-state index is 0.00781. The number of nitrogens with one attached hydrogen (secondary N) is 1. The zero-order chi connectivity index (χ0) is 30.7. The van der Waals surface area contributed by atoms with E-state index in [9.17, 15) is 19.5 Å². The summed E-state index contributed by atoms with van der Waals surface area (Å²) in [6.45, 7) is 9.38. The average Bonchev–Trinajstić information content (AvgIpc) is 3.32. The largest absolute Gasteiger partial charge is 0.488 e. The maximum absolute atomic E-state index is 13.4. The van der Waals surface area contributed by atoms with Gasteiger partial charge in [-0.3, -0.25) is 14.9 Å². The van der Waals surface area contributed by atoms with E-state index < -0.39 is 17.6 Å². The lowest BCUT2D eigenvalue weighted by Gasteiger charge is -2.30. The fourth-order valence-corrected chi connectivity index (χ4v) is 5.52. The molecule has 228 valence electrons. The topological polar surface area (TPSA) is 131 Å². The Balaban J connectivity index is 1.30. The Bertz CT molecular complexity index is 1490. The Morgan fingerprint density at radius 3 is 2.37 bits per heavy atom. The molecule has 5 rings (SSSR count). The first-order chi connectivity index (χ1) is 20.5. The van der Waals surface area contributed by atoms with Crippen LogP contribution in [0.4, 0.5) is 9.93 Å². The number of anilines is 1. The molecule has 0 unspecified atom stereocenters. The van der Waals surface area contributed by atoms with E-state index in [1.54, 1.807) is 59.2 Å². The van der Waals surface area contributed by atoms with Gasteiger partial charge in [-0.25, -0.2) is 9.78 Å². The number of benzene rings is 2. The molecule has 2 aliphatic heterocycles. The van der Waals surface area contributed by atoms with Gasteiger partial charge in [-0.15, -0.1) is 0 Å². The van der Waals surface area contributed by atoms with Crippen LogP contribution in [0, 0.1) is 0 Å². The van der Waals surface area contributed by atoms with Gasteiger partial charge in [0, 0.05) is 48.1 Å². The fraction of sp³-hybridized carbons (Fsp3) is 0.419. The molecule has 1 saturated heterocycles. The molecular formula is C31H36N4O7S. The fourth-order valence-electron chi connectivity index (χ4n) is 4.50. The molecule has 1 atom stereocenters. The molecule has 3 amide bonds. The summed E-state index contributed by atoms with van der Waals surface area (Å²) in [6, 6.07) is 11.6. The van der Waals surface area contributed by atoms with E-state index in [2.05, 4.69) is 10.3 Å². The van der Waals surface area contributed by atoms with Crippen LogP contribution in [0.25, 0.3) is 0 Å². The number of aliphatic hydroxyl groups is 1. The summed E-state index contributed by atoms with van der Waals surface area (Å²) in [5.41, 5.74) is 1.11. The van der Waals surface area contributed by atoms with Crippen molar-refractivity contribution < 1.29 is 33.7 Å². The Hall–Kier alpha value is -4.16. The Morgan fingerprint density at radius 2 is 1.72 bits per heavy atom. The maximum atomic E-state index is 13.4. The van der Waals surface area contributed by atoms with Crippen LogP contribution in [0.15, 0.2) is 42.5 Å². The summed E-state index contributed by atoms with van der Waals surface area (Å²) >= 11 is 1.32. The molecule has 1 fully saturated rings. The second kappa shape index (κ2) is 12.6. The number of nitrogens with zero attached hydrogens (tertiary/aromatic N) is 3. The number of ether oxygens (including phenoxy) is 3. The molecule has 1 aromatic heterocycles. The highest BCUT2D eigenvalue weighted by Gasteiger charge is 2.28. The highest BCUT2D eigenvalue weighted by molar-refractivity contribution is 7.15. The van der Waals surface area contributed by atoms with Gasteiger partial charge >= 0.3 is 6.09 Å². The molecule has 3 aromatic rings. The van der Waals surface area contributed by atoms with E-state index in [-0.39, 0.29) is 24.2 Å². The summed E-state index contributed by atoms with van der Waals surface area (Å²) in [7, 11) is 0. The van der Waals surface area contributed by atoms with Crippen LogP contribution in [-0.2, 0) is 17.7 Å². The first-order valence-electron chi connectivity index (χ1n) is 14.2. The number of thiazole rings is 1. The molecule has 2 aromatic carbocycles. The van der Waals surface area contributed by atoms with Crippen LogP contribution in [-0.4, -0.2) is 75.7 Å². The second-order valence-electron chi connectivity index (χ2n) is 11.6. The number of hydrogen-bond donors (Lipinski definition) is 2. The molecule has 0 aliphatic carbocycles. The van der Waals surface area contributed by atoms with Crippen molar-refractivity contribution in [2.75, 3.05) is 31.6 Å². The lowest BCUT2D eigenvalue weighted by Crippen LogP contribution is -2.41. The van der Waals surface area contributed by atoms with Crippen LogP contribution in [0.3, 0.4) is 0 Å². The number of aromatic nitrogens is 1. The van der Waals surface area contributed by atoms with Crippen molar-refractivity contribution >= 4 is 34.4 Å². The number of likely N-dealkylation sites (tertiary alicyclic amines) is 1. The molecule has 43 heavy (non-hydrogen) atoms. The highest BCUT2D eigenvalue weighted by Crippen LogP contribution is 2.32. The number of amides is 3. The second-order valence-corrected chi connectivity index (χ2v) is 12.7.